The van der Waals surface area contributed by atoms with E-state index in [2.05, 4.69) is 0 Å². The van der Waals surface area contributed by atoms with Crippen LogP contribution in [0.25, 0.3) is 0 Å². The normalized spacial score (nSPS) is 17.3. The maximum absolute atomic E-state index is 12.7. The lowest BCUT2D eigenvalue weighted by Crippen LogP contribution is -2.32. The fourth-order valence-corrected chi connectivity index (χ4v) is 7.52. The number of aromatic hydroxyl groups is 3. The molecule has 4 aliphatic rings. The third-order valence-corrected chi connectivity index (χ3v) is 9.69. The van der Waals surface area contributed by atoms with E-state index < -0.39 is 23.1 Å². The van der Waals surface area contributed by atoms with E-state index >= 15 is 0 Å². The Morgan fingerprint density at radius 3 is 1.34 bits per heavy atom. The van der Waals surface area contributed by atoms with Crippen LogP contribution in [-0.4, -0.2) is 41.2 Å². The first-order valence-electron chi connectivity index (χ1n) is 16.5. The first kappa shape index (κ1) is 32.0. The van der Waals surface area contributed by atoms with Gasteiger partial charge in [-0.3, -0.25) is 0 Å². The first-order chi connectivity index (χ1) is 25.7. The molecule has 11 heteroatoms. The highest BCUT2D eigenvalue weighted by molar-refractivity contribution is 5.98. The Balaban J connectivity index is 0.000000141. The summed E-state index contributed by atoms with van der Waals surface area (Å²) < 4.78 is 34.3. The second kappa shape index (κ2) is 11.8. The molecular weight excluding hydrogens is 680 g/mol. The van der Waals surface area contributed by atoms with Gasteiger partial charge in [-0.25, -0.2) is 9.59 Å². The molecular formula is C42H28O11. The van der Waals surface area contributed by atoms with Crippen molar-refractivity contribution in [2.45, 2.75) is 11.2 Å². The van der Waals surface area contributed by atoms with Crippen LogP contribution >= 0.6 is 0 Å². The predicted molar refractivity (Wildman–Crippen MR) is 187 cm³/mol. The molecule has 0 aliphatic carbocycles. The SMILES string of the molecule is COCOc1ccc2c(c1)Oc1cc(O)ccc1C21OC(=O)c2ccccc21.O=C1OC2(c3ccc(O)cc3Oc3cc(O)ccc32)c2ccccc21. The van der Waals surface area contributed by atoms with Crippen molar-refractivity contribution in [2.24, 2.45) is 0 Å². The van der Waals surface area contributed by atoms with Crippen LogP contribution in [-0.2, 0) is 25.4 Å². The van der Waals surface area contributed by atoms with Gasteiger partial charge in [0.25, 0.3) is 0 Å². The topological polar surface area (TPSA) is 150 Å². The van der Waals surface area contributed by atoms with Gasteiger partial charge in [-0.2, -0.15) is 0 Å². The van der Waals surface area contributed by atoms with Gasteiger partial charge in [0.2, 0.25) is 0 Å². The third kappa shape index (κ3) is 4.71. The molecule has 3 N–H and O–H groups in total. The quantitative estimate of drug-likeness (QED) is 0.123. The molecule has 0 saturated carbocycles. The average molecular weight is 709 g/mol. The molecule has 2 spiro atoms. The number of benzene rings is 6. The van der Waals surface area contributed by atoms with Gasteiger partial charge in [0, 0.05) is 64.8 Å². The highest BCUT2D eigenvalue weighted by Gasteiger charge is 2.55. The maximum atomic E-state index is 12.7. The second-order valence-corrected chi connectivity index (χ2v) is 12.7. The van der Waals surface area contributed by atoms with Gasteiger partial charge in [-0.1, -0.05) is 36.4 Å². The molecule has 1 atom stereocenters. The third-order valence-electron chi connectivity index (χ3n) is 9.69. The van der Waals surface area contributed by atoms with Gasteiger partial charge in [0.15, 0.2) is 18.0 Å². The predicted octanol–water partition coefficient (Wildman–Crippen LogP) is 7.61. The van der Waals surface area contributed by atoms with Gasteiger partial charge in [0.05, 0.1) is 11.1 Å². The van der Waals surface area contributed by atoms with E-state index in [0.29, 0.717) is 67.7 Å². The molecule has 0 fully saturated rings. The summed E-state index contributed by atoms with van der Waals surface area (Å²) in [5, 5.41) is 29.6. The Morgan fingerprint density at radius 2 is 0.906 bits per heavy atom. The Hall–Kier alpha value is -6.98. The molecule has 1 unspecified atom stereocenters. The van der Waals surface area contributed by atoms with Crippen molar-refractivity contribution in [3.8, 4) is 46.0 Å². The summed E-state index contributed by atoms with van der Waals surface area (Å²) >= 11 is 0. The molecule has 6 aromatic rings. The van der Waals surface area contributed by atoms with Crippen LogP contribution in [0.5, 0.6) is 46.0 Å². The average Bonchev–Trinajstić information content (AvgIpc) is 3.62. The van der Waals surface area contributed by atoms with Crippen LogP contribution in [0.4, 0.5) is 0 Å². The van der Waals surface area contributed by atoms with Gasteiger partial charge < -0.3 is 43.7 Å². The molecule has 0 amide bonds. The molecule has 11 nitrogen and oxygen atoms in total. The number of phenols is 3. The van der Waals surface area contributed by atoms with Crippen LogP contribution in [0.1, 0.15) is 54.1 Å². The van der Waals surface area contributed by atoms with E-state index in [1.807, 2.05) is 30.3 Å². The van der Waals surface area contributed by atoms with Crippen molar-refractivity contribution in [3.05, 3.63) is 166 Å². The molecule has 6 aromatic carbocycles. The van der Waals surface area contributed by atoms with E-state index in [1.165, 1.54) is 37.4 Å². The Bertz CT molecular complexity index is 2460. The lowest BCUT2D eigenvalue weighted by atomic mass is 9.77. The second-order valence-electron chi connectivity index (χ2n) is 12.7. The van der Waals surface area contributed by atoms with E-state index in [-0.39, 0.29) is 24.0 Å². The summed E-state index contributed by atoms with van der Waals surface area (Å²) in [7, 11) is 1.54. The summed E-state index contributed by atoms with van der Waals surface area (Å²) in [6.07, 6.45) is 0. The molecule has 4 aliphatic heterocycles. The zero-order valence-electron chi connectivity index (χ0n) is 27.9. The Morgan fingerprint density at radius 1 is 0.509 bits per heavy atom. The van der Waals surface area contributed by atoms with Crippen LogP contribution in [0.15, 0.2) is 121 Å². The molecule has 0 aromatic heterocycles. The number of phenolic OH excluding ortho intramolecular Hbond substituents is 3. The van der Waals surface area contributed by atoms with Crippen LogP contribution in [0, 0.1) is 0 Å². The summed E-state index contributed by atoms with van der Waals surface area (Å²) in [6.45, 7) is 0.0964. The fourth-order valence-electron chi connectivity index (χ4n) is 7.52. The number of fused-ring (bicyclic) bond motifs is 12. The number of carbonyl (C=O) groups excluding carboxylic acids is 2. The first-order valence-corrected chi connectivity index (χ1v) is 16.5. The number of hydrogen-bond donors (Lipinski definition) is 3. The molecule has 4 heterocycles. The Labute approximate surface area is 301 Å². The van der Waals surface area contributed by atoms with Crippen molar-refractivity contribution in [1.29, 1.82) is 0 Å². The van der Waals surface area contributed by atoms with Gasteiger partial charge in [-0.15, -0.1) is 0 Å². The molecule has 262 valence electrons. The van der Waals surface area contributed by atoms with Crippen molar-refractivity contribution < 1.29 is 53.3 Å². The van der Waals surface area contributed by atoms with Crippen LogP contribution in [0.3, 0.4) is 0 Å². The standard InChI is InChI=1S/C22H16O6.C20H12O5/c1-25-12-26-14-7-9-18-20(11-14)27-19-10-13(23)6-8-17(19)22(18)16-5-3-2-4-15(16)21(24)28-22;21-11-5-7-15-17(9-11)24-18-10-12(22)6-8-16(18)20(15)14-4-2-1-3-13(14)19(23)25-20/h2-11,23H,12H2,1H3;1-10,21-22H. The minimum absolute atomic E-state index is 0.0371. The smallest absolute Gasteiger partial charge is 0.340 e. The minimum atomic E-state index is -1.17. The monoisotopic (exact) mass is 708 g/mol. The fraction of sp³-hybridized carbons (Fsp3) is 0.0952. The largest absolute Gasteiger partial charge is 0.508 e. The lowest BCUT2D eigenvalue weighted by Gasteiger charge is -2.36. The number of ether oxygens (including phenoxy) is 6. The van der Waals surface area contributed by atoms with Crippen molar-refractivity contribution in [3.63, 3.8) is 0 Å². The van der Waals surface area contributed by atoms with E-state index in [4.69, 9.17) is 28.4 Å². The zero-order valence-corrected chi connectivity index (χ0v) is 27.9. The molecule has 0 saturated heterocycles. The molecule has 0 bridgehead atoms. The highest BCUT2D eigenvalue weighted by atomic mass is 16.7. The summed E-state index contributed by atoms with van der Waals surface area (Å²) in [5.41, 5.74) is 2.72. The van der Waals surface area contributed by atoms with Crippen LogP contribution < -0.4 is 14.2 Å². The summed E-state index contributed by atoms with van der Waals surface area (Å²) in [5.74, 6) is 1.52. The zero-order chi connectivity index (χ0) is 36.5. The molecule has 0 radical (unpaired) electrons. The number of esters is 2. The summed E-state index contributed by atoms with van der Waals surface area (Å²) in [6, 6.07) is 34.0. The maximum Gasteiger partial charge on any atom is 0.340 e. The minimum Gasteiger partial charge on any atom is -0.508 e. The summed E-state index contributed by atoms with van der Waals surface area (Å²) in [4.78, 5) is 25.2. The van der Waals surface area contributed by atoms with Crippen LogP contribution in [0.2, 0.25) is 0 Å². The number of hydrogen-bond acceptors (Lipinski definition) is 11. The van der Waals surface area contributed by atoms with Crippen molar-refractivity contribution >= 4 is 11.9 Å². The molecule has 53 heavy (non-hydrogen) atoms. The number of rotatable bonds is 3. The van der Waals surface area contributed by atoms with Gasteiger partial charge in [0.1, 0.15) is 46.0 Å². The van der Waals surface area contributed by atoms with Gasteiger partial charge in [-0.05, 0) is 60.7 Å². The number of carbonyl (C=O) groups is 2. The van der Waals surface area contributed by atoms with E-state index in [0.717, 1.165) is 5.56 Å². The van der Waals surface area contributed by atoms with E-state index in [1.54, 1.807) is 60.7 Å². The van der Waals surface area contributed by atoms with Gasteiger partial charge >= 0.3 is 11.9 Å². The number of methoxy groups -OCH3 is 1. The van der Waals surface area contributed by atoms with Crippen molar-refractivity contribution in [2.75, 3.05) is 13.9 Å². The molecule has 10 rings (SSSR count). The van der Waals surface area contributed by atoms with Crippen molar-refractivity contribution in [1.82, 2.24) is 0 Å². The highest BCUT2D eigenvalue weighted by Crippen LogP contribution is 2.58. The lowest BCUT2D eigenvalue weighted by molar-refractivity contribution is 0.0213. The van der Waals surface area contributed by atoms with E-state index in [9.17, 15) is 24.9 Å². The Kier molecular flexibility index (Phi) is 7.11.